The van der Waals surface area contributed by atoms with E-state index in [1.54, 1.807) is 0 Å². The Morgan fingerprint density at radius 1 is 1.50 bits per heavy atom. The van der Waals surface area contributed by atoms with Gasteiger partial charge < -0.3 is 4.42 Å². The predicted octanol–water partition coefficient (Wildman–Crippen LogP) is 1.82. The molecule has 0 aliphatic rings. The number of benzene rings is 1. The summed E-state index contributed by atoms with van der Waals surface area (Å²) in [6.07, 6.45) is 0. The Morgan fingerprint density at radius 3 is 2.93 bits per heavy atom. The molecular formula is C8H4ClFN2O2. The topological polar surface area (TPSA) is 58.9 Å². The van der Waals surface area contributed by atoms with Crippen LogP contribution in [0.2, 0.25) is 5.02 Å². The lowest BCUT2D eigenvalue weighted by Gasteiger charge is -1.96. The first-order valence-electron chi connectivity index (χ1n) is 3.68. The van der Waals surface area contributed by atoms with E-state index in [1.807, 2.05) is 5.10 Å². The first-order chi connectivity index (χ1) is 6.66. The highest BCUT2D eigenvalue weighted by molar-refractivity contribution is 6.30. The zero-order valence-electron chi connectivity index (χ0n) is 6.75. The molecule has 0 radical (unpaired) electrons. The summed E-state index contributed by atoms with van der Waals surface area (Å²) in [6.45, 7) is 0. The number of nitrogens with zero attached hydrogens (tertiary/aromatic N) is 1. The number of aromatic nitrogens is 2. The van der Waals surface area contributed by atoms with Crippen LogP contribution in [0, 0.1) is 5.82 Å². The van der Waals surface area contributed by atoms with Gasteiger partial charge in [0.25, 0.3) is 5.89 Å². The average Bonchev–Trinajstić information content (AvgIpc) is 2.56. The van der Waals surface area contributed by atoms with Gasteiger partial charge >= 0.3 is 5.76 Å². The van der Waals surface area contributed by atoms with Crippen LogP contribution in [0.25, 0.3) is 11.5 Å². The van der Waals surface area contributed by atoms with Gasteiger partial charge in [0.2, 0.25) is 0 Å². The quantitative estimate of drug-likeness (QED) is 0.788. The Hall–Kier alpha value is -1.62. The smallest absolute Gasteiger partial charge is 0.388 e. The van der Waals surface area contributed by atoms with Crippen molar-refractivity contribution in [2.75, 3.05) is 0 Å². The highest BCUT2D eigenvalue weighted by Gasteiger charge is 2.11. The van der Waals surface area contributed by atoms with E-state index >= 15 is 0 Å². The van der Waals surface area contributed by atoms with E-state index in [-0.39, 0.29) is 11.5 Å². The fraction of sp³-hybridized carbons (Fsp3) is 0. The van der Waals surface area contributed by atoms with Gasteiger partial charge in [-0.1, -0.05) is 11.6 Å². The number of aromatic amines is 1. The van der Waals surface area contributed by atoms with Crippen LogP contribution in [0.15, 0.2) is 27.4 Å². The summed E-state index contributed by atoms with van der Waals surface area (Å²) in [7, 11) is 0. The molecule has 0 spiro atoms. The first kappa shape index (κ1) is 8.96. The van der Waals surface area contributed by atoms with Crippen LogP contribution < -0.4 is 5.76 Å². The van der Waals surface area contributed by atoms with Gasteiger partial charge in [-0.05, 0) is 18.2 Å². The second-order valence-electron chi connectivity index (χ2n) is 2.54. The summed E-state index contributed by atoms with van der Waals surface area (Å²) in [6, 6.07) is 3.90. The number of hydrogen-bond donors (Lipinski definition) is 1. The zero-order valence-corrected chi connectivity index (χ0v) is 7.51. The summed E-state index contributed by atoms with van der Waals surface area (Å²) in [5.41, 5.74) is 0.0517. The third-order valence-corrected chi connectivity index (χ3v) is 1.83. The van der Waals surface area contributed by atoms with Gasteiger partial charge in [0.15, 0.2) is 0 Å². The molecule has 0 atom stereocenters. The molecule has 14 heavy (non-hydrogen) atoms. The van der Waals surface area contributed by atoms with Crippen molar-refractivity contribution in [3.05, 3.63) is 39.6 Å². The molecule has 0 aliphatic carbocycles. The second kappa shape index (κ2) is 3.26. The van der Waals surface area contributed by atoms with Gasteiger partial charge in [0.05, 0.1) is 5.56 Å². The van der Waals surface area contributed by atoms with E-state index in [2.05, 4.69) is 9.52 Å². The van der Waals surface area contributed by atoms with E-state index in [4.69, 9.17) is 11.6 Å². The molecule has 1 N–H and O–H groups in total. The monoisotopic (exact) mass is 214 g/mol. The van der Waals surface area contributed by atoms with Crippen LogP contribution >= 0.6 is 11.6 Å². The largest absolute Gasteiger partial charge is 0.434 e. The number of hydrogen-bond acceptors (Lipinski definition) is 3. The molecule has 2 rings (SSSR count). The first-order valence-corrected chi connectivity index (χ1v) is 4.05. The van der Waals surface area contributed by atoms with Crippen LogP contribution in [0.5, 0.6) is 0 Å². The van der Waals surface area contributed by atoms with Crippen molar-refractivity contribution < 1.29 is 8.81 Å². The normalized spacial score (nSPS) is 10.4. The van der Waals surface area contributed by atoms with Crippen LogP contribution in [-0.4, -0.2) is 10.2 Å². The molecule has 1 heterocycles. The molecule has 1 aromatic heterocycles. The van der Waals surface area contributed by atoms with E-state index in [1.165, 1.54) is 18.2 Å². The minimum Gasteiger partial charge on any atom is -0.388 e. The Bertz CT molecular complexity index is 520. The van der Waals surface area contributed by atoms with Gasteiger partial charge in [0, 0.05) is 5.02 Å². The summed E-state index contributed by atoms with van der Waals surface area (Å²) in [5.74, 6) is -1.40. The van der Waals surface area contributed by atoms with E-state index < -0.39 is 11.6 Å². The molecule has 0 aliphatic heterocycles. The molecule has 1 aromatic carbocycles. The molecule has 0 unspecified atom stereocenters. The molecule has 0 bridgehead atoms. The van der Waals surface area contributed by atoms with Gasteiger partial charge in [-0.25, -0.2) is 14.3 Å². The van der Waals surface area contributed by atoms with Crippen molar-refractivity contribution in [1.82, 2.24) is 10.2 Å². The maximum atomic E-state index is 13.2. The van der Waals surface area contributed by atoms with Crippen molar-refractivity contribution in [1.29, 1.82) is 0 Å². The van der Waals surface area contributed by atoms with E-state index in [9.17, 15) is 9.18 Å². The minimum absolute atomic E-state index is 0.0517. The summed E-state index contributed by atoms with van der Waals surface area (Å²) < 4.78 is 17.8. The van der Waals surface area contributed by atoms with Crippen molar-refractivity contribution in [2.45, 2.75) is 0 Å². The molecule has 0 amide bonds. The molecule has 0 fully saturated rings. The van der Waals surface area contributed by atoms with Crippen molar-refractivity contribution in [2.24, 2.45) is 0 Å². The maximum absolute atomic E-state index is 13.2. The standard InChI is InChI=1S/C8H4ClFN2O2/c9-4-1-2-6(10)5(3-4)7-11-12-8(13)14-7/h1-3H,(H,12,13). The maximum Gasteiger partial charge on any atom is 0.434 e. The van der Waals surface area contributed by atoms with Gasteiger partial charge in [0.1, 0.15) is 5.82 Å². The van der Waals surface area contributed by atoms with Crippen molar-refractivity contribution in [3.8, 4) is 11.5 Å². The lowest BCUT2D eigenvalue weighted by atomic mass is 10.2. The molecule has 72 valence electrons. The zero-order chi connectivity index (χ0) is 10.1. The Kier molecular flexibility index (Phi) is 2.09. The summed E-state index contributed by atoms with van der Waals surface area (Å²) >= 11 is 5.65. The fourth-order valence-electron chi connectivity index (χ4n) is 1.01. The molecule has 0 saturated heterocycles. The number of nitrogens with one attached hydrogen (secondary N) is 1. The minimum atomic E-state index is -0.737. The lowest BCUT2D eigenvalue weighted by molar-refractivity contribution is 0.521. The number of rotatable bonds is 1. The third-order valence-electron chi connectivity index (χ3n) is 1.60. The predicted molar refractivity (Wildman–Crippen MR) is 47.5 cm³/mol. The van der Waals surface area contributed by atoms with Crippen LogP contribution in [0.1, 0.15) is 0 Å². The summed E-state index contributed by atoms with van der Waals surface area (Å²) in [4.78, 5) is 10.6. The molecule has 2 aromatic rings. The molecule has 0 saturated carbocycles. The lowest BCUT2D eigenvalue weighted by Crippen LogP contribution is -1.93. The van der Waals surface area contributed by atoms with E-state index in [0.29, 0.717) is 5.02 Å². The van der Waals surface area contributed by atoms with Gasteiger partial charge in [-0.15, -0.1) is 5.10 Å². The molecular weight excluding hydrogens is 211 g/mol. The SMILES string of the molecule is O=c1[nH]nc(-c2cc(Cl)ccc2F)o1. The highest BCUT2D eigenvalue weighted by atomic mass is 35.5. The number of halogens is 2. The number of H-pyrrole nitrogens is 1. The van der Waals surface area contributed by atoms with Crippen LogP contribution in [0.4, 0.5) is 4.39 Å². The van der Waals surface area contributed by atoms with Crippen LogP contribution in [-0.2, 0) is 0 Å². The van der Waals surface area contributed by atoms with Gasteiger partial charge in [-0.2, -0.15) is 0 Å². The Morgan fingerprint density at radius 2 is 2.29 bits per heavy atom. The second-order valence-corrected chi connectivity index (χ2v) is 2.98. The highest BCUT2D eigenvalue weighted by Crippen LogP contribution is 2.22. The third kappa shape index (κ3) is 1.54. The molecule has 4 nitrogen and oxygen atoms in total. The van der Waals surface area contributed by atoms with Crippen molar-refractivity contribution >= 4 is 11.6 Å². The van der Waals surface area contributed by atoms with Gasteiger partial charge in [-0.3, -0.25) is 0 Å². The van der Waals surface area contributed by atoms with Crippen LogP contribution in [0.3, 0.4) is 0 Å². The summed E-state index contributed by atoms with van der Waals surface area (Å²) in [5, 5.41) is 5.86. The van der Waals surface area contributed by atoms with E-state index in [0.717, 1.165) is 0 Å². The molecule has 6 heteroatoms. The van der Waals surface area contributed by atoms with Crippen molar-refractivity contribution in [3.63, 3.8) is 0 Å². The Labute approximate surface area is 82.3 Å². The fourth-order valence-corrected chi connectivity index (χ4v) is 1.18. The average molecular weight is 215 g/mol. The Balaban J connectivity index is 2.61.